The second-order valence-electron chi connectivity index (χ2n) is 2.16. The zero-order valence-corrected chi connectivity index (χ0v) is 6.42. The quantitative estimate of drug-likeness (QED) is 0.289. The van der Waals surface area contributed by atoms with Crippen molar-refractivity contribution in [2.45, 2.75) is 13.1 Å². The topological polar surface area (TPSA) is 0 Å². The van der Waals surface area contributed by atoms with Gasteiger partial charge in [-0.3, -0.25) is 0 Å². The van der Waals surface area contributed by atoms with Gasteiger partial charge in [-0.05, 0) is 0 Å². The zero-order chi connectivity index (χ0) is 5.91. The molecule has 0 aromatic carbocycles. The van der Waals surface area contributed by atoms with Crippen LogP contribution in [0.2, 0.25) is 13.1 Å². The number of rotatable bonds is 1. The van der Waals surface area contributed by atoms with E-state index in [1.54, 1.807) is 0 Å². The average Bonchev–Trinajstić information content (AvgIpc) is 1.68. The molecule has 0 aliphatic heterocycles. The van der Waals surface area contributed by atoms with E-state index in [1.807, 2.05) is 0 Å². The molecule has 0 atom stereocenters. The number of hydrogen-bond acceptors (Lipinski definition) is 0. The van der Waals surface area contributed by atoms with Crippen LogP contribution in [-0.4, -0.2) is 13.6 Å². The summed E-state index contributed by atoms with van der Waals surface area (Å²) in [5.74, 6) is 0. The fourth-order valence-electron chi connectivity index (χ4n) is 0.0386. The highest BCUT2D eigenvalue weighted by atomic mass is 35.5. The van der Waals surface area contributed by atoms with Gasteiger partial charge < -0.3 is 0 Å². The lowest BCUT2D eigenvalue weighted by molar-refractivity contribution is 1.76. The van der Waals surface area contributed by atoms with Crippen molar-refractivity contribution in [1.82, 2.24) is 0 Å². The first kappa shape index (κ1) is 7.07. The third-order valence-corrected chi connectivity index (χ3v) is 4.18. The summed E-state index contributed by atoms with van der Waals surface area (Å²) < 4.78 is 0. The van der Waals surface area contributed by atoms with Crippen molar-refractivity contribution in [3.05, 3.63) is 0 Å². The lowest BCUT2D eigenvalue weighted by atomic mass is 11.4. The second-order valence-corrected chi connectivity index (χ2v) is 7.29. The molecule has 0 aromatic heterocycles. The van der Waals surface area contributed by atoms with E-state index in [4.69, 9.17) is 18.0 Å². The molecule has 0 aliphatic carbocycles. The number of terminal acetylenes is 1. The van der Waals surface area contributed by atoms with Crippen molar-refractivity contribution in [3.8, 4) is 12.0 Å². The van der Waals surface area contributed by atoms with Crippen LogP contribution in [0.5, 0.6) is 0 Å². The van der Waals surface area contributed by atoms with Crippen LogP contribution < -0.4 is 0 Å². The van der Waals surface area contributed by atoms with Gasteiger partial charge in [0, 0.05) is 5.50 Å². The minimum absolute atomic E-state index is 0.670. The largest absolute Gasteiger partial charge is 0.146 e. The Hall–Kier alpha value is 0.0669. The van der Waals surface area contributed by atoms with Crippen LogP contribution in [0.4, 0.5) is 0 Å². The molecule has 0 nitrogen and oxygen atoms in total. The highest BCUT2D eigenvalue weighted by molar-refractivity contribution is 6.89. The molecular formula is C5H9ClSi. The monoisotopic (exact) mass is 132 g/mol. The van der Waals surface area contributed by atoms with Crippen LogP contribution in [0.1, 0.15) is 0 Å². The summed E-state index contributed by atoms with van der Waals surface area (Å²) in [7, 11) is -1.36. The summed E-state index contributed by atoms with van der Waals surface area (Å²) in [5.41, 5.74) is 3.37. The summed E-state index contributed by atoms with van der Waals surface area (Å²) in [5, 5.41) is 0. The van der Waals surface area contributed by atoms with Crippen LogP contribution in [0.15, 0.2) is 0 Å². The first-order chi connectivity index (χ1) is 3.12. The zero-order valence-electron chi connectivity index (χ0n) is 4.66. The molecule has 0 rings (SSSR count). The third kappa shape index (κ3) is 2.73. The summed E-state index contributed by atoms with van der Waals surface area (Å²) in [6, 6.07) is 0. The van der Waals surface area contributed by atoms with E-state index in [2.05, 4.69) is 18.6 Å². The Balaban J connectivity index is 3.66. The highest BCUT2D eigenvalue weighted by Gasteiger charge is 2.14. The number of hydrogen-bond donors (Lipinski definition) is 0. The fourth-order valence-corrected chi connectivity index (χ4v) is 0.347. The minimum Gasteiger partial charge on any atom is -0.134 e. The van der Waals surface area contributed by atoms with E-state index in [0.29, 0.717) is 5.50 Å². The lowest BCUT2D eigenvalue weighted by Gasteiger charge is -2.06. The first-order valence-electron chi connectivity index (χ1n) is 2.16. The Morgan fingerprint density at radius 3 is 2.14 bits per heavy atom. The molecule has 0 unspecified atom stereocenters. The summed E-state index contributed by atoms with van der Waals surface area (Å²) in [4.78, 5) is 0. The molecule has 0 N–H and O–H groups in total. The Bertz CT molecular complexity index is 90.7. The van der Waals surface area contributed by atoms with Gasteiger partial charge in [-0.1, -0.05) is 13.1 Å². The van der Waals surface area contributed by atoms with Crippen LogP contribution in [0, 0.1) is 12.0 Å². The molecule has 0 aromatic rings. The summed E-state index contributed by atoms with van der Waals surface area (Å²) >= 11 is 5.51. The molecular weight excluding hydrogens is 124 g/mol. The van der Waals surface area contributed by atoms with E-state index in [0.717, 1.165) is 0 Å². The van der Waals surface area contributed by atoms with Gasteiger partial charge in [-0.15, -0.1) is 23.6 Å². The third-order valence-electron chi connectivity index (χ3n) is 0.725. The van der Waals surface area contributed by atoms with Crippen LogP contribution in [0.3, 0.4) is 0 Å². The van der Waals surface area contributed by atoms with Gasteiger partial charge in [-0.25, -0.2) is 0 Å². The second kappa shape index (κ2) is 2.39. The average molecular weight is 133 g/mol. The molecule has 0 radical (unpaired) electrons. The van der Waals surface area contributed by atoms with Crippen molar-refractivity contribution >= 4 is 19.7 Å². The van der Waals surface area contributed by atoms with Gasteiger partial charge in [0.2, 0.25) is 0 Å². The molecule has 0 heterocycles. The lowest BCUT2D eigenvalue weighted by Crippen LogP contribution is -2.25. The Morgan fingerprint density at radius 2 is 2.14 bits per heavy atom. The van der Waals surface area contributed by atoms with Crippen LogP contribution >= 0.6 is 11.6 Å². The first-order valence-corrected chi connectivity index (χ1v) is 5.90. The van der Waals surface area contributed by atoms with E-state index in [9.17, 15) is 0 Å². The Morgan fingerprint density at radius 1 is 1.71 bits per heavy atom. The fraction of sp³-hybridized carbons (Fsp3) is 0.600. The van der Waals surface area contributed by atoms with Gasteiger partial charge in [0.25, 0.3) is 0 Å². The van der Waals surface area contributed by atoms with Gasteiger partial charge in [-0.2, -0.15) is 0 Å². The van der Waals surface area contributed by atoms with E-state index < -0.39 is 8.07 Å². The summed E-state index contributed by atoms with van der Waals surface area (Å²) in [6.07, 6.45) is 5.14. The van der Waals surface area contributed by atoms with E-state index in [1.165, 1.54) is 0 Å². The smallest absolute Gasteiger partial charge is 0.134 e. The maximum Gasteiger partial charge on any atom is 0.146 e. The Labute approximate surface area is 50.9 Å². The molecule has 0 saturated carbocycles. The predicted molar refractivity (Wildman–Crippen MR) is 37.0 cm³/mol. The van der Waals surface area contributed by atoms with Gasteiger partial charge >= 0.3 is 0 Å². The molecule has 0 fully saturated rings. The number of halogens is 1. The predicted octanol–water partition coefficient (Wildman–Crippen LogP) is 1.65. The molecule has 40 valence electrons. The molecule has 0 spiro atoms. The van der Waals surface area contributed by atoms with Crippen molar-refractivity contribution in [1.29, 1.82) is 0 Å². The Kier molecular flexibility index (Phi) is 2.42. The van der Waals surface area contributed by atoms with Gasteiger partial charge in [0.15, 0.2) is 0 Å². The van der Waals surface area contributed by atoms with Gasteiger partial charge in [0.1, 0.15) is 8.07 Å². The highest BCUT2D eigenvalue weighted by Crippen LogP contribution is 2.00. The van der Waals surface area contributed by atoms with Crippen molar-refractivity contribution < 1.29 is 0 Å². The SMILES string of the molecule is C#C[Si](C)(C)CCl. The molecule has 7 heavy (non-hydrogen) atoms. The van der Waals surface area contributed by atoms with E-state index in [-0.39, 0.29) is 0 Å². The van der Waals surface area contributed by atoms with Gasteiger partial charge in [0.05, 0.1) is 0 Å². The van der Waals surface area contributed by atoms with Crippen LogP contribution in [-0.2, 0) is 0 Å². The van der Waals surface area contributed by atoms with Crippen molar-refractivity contribution in [2.24, 2.45) is 0 Å². The molecule has 0 amide bonds. The molecule has 2 heteroatoms. The molecule has 0 bridgehead atoms. The van der Waals surface area contributed by atoms with E-state index >= 15 is 0 Å². The summed E-state index contributed by atoms with van der Waals surface area (Å²) in [6.45, 7) is 4.14. The van der Waals surface area contributed by atoms with Crippen molar-refractivity contribution in [2.75, 3.05) is 5.50 Å². The minimum atomic E-state index is -1.36. The standard InChI is InChI=1S/C5H9ClSi/c1-4-7(2,3)5-6/h1H,5H2,2-3H3. The van der Waals surface area contributed by atoms with Crippen LogP contribution in [0.25, 0.3) is 0 Å². The normalized spacial score (nSPS) is 10.6. The van der Waals surface area contributed by atoms with Crippen molar-refractivity contribution in [3.63, 3.8) is 0 Å². The maximum atomic E-state index is 5.51. The number of alkyl halides is 1. The molecule has 0 aliphatic rings. The molecule has 0 saturated heterocycles. The maximum absolute atomic E-state index is 5.51.